The molecule has 1 heterocycles. The summed E-state index contributed by atoms with van der Waals surface area (Å²) in [6, 6.07) is 7.40. The number of hydrogen-bond acceptors (Lipinski definition) is 3. The fraction of sp³-hybridized carbons (Fsp3) is 0.357. The van der Waals surface area contributed by atoms with E-state index >= 15 is 0 Å². The number of nitrogen functional groups attached to an aromatic ring is 1. The van der Waals surface area contributed by atoms with Crippen LogP contribution < -0.4 is 5.73 Å². The van der Waals surface area contributed by atoms with Crippen LogP contribution in [0.2, 0.25) is 0 Å². The van der Waals surface area contributed by atoms with E-state index in [0.717, 1.165) is 11.1 Å². The summed E-state index contributed by atoms with van der Waals surface area (Å²) in [6.45, 7) is 2.25. The summed E-state index contributed by atoms with van der Waals surface area (Å²) < 4.78 is 44.5. The van der Waals surface area contributed by atoms with Gasteiger partial charge in [-0.1, -0.05) is 24.3 Å². The second-order valence-electron chi connectivity index (χ2n) is 4.75. The number of nitrogens with zero attached hydrogens (tertiary/aromatic N) is 2. The molecule has 1 aromatic carbocycles. The summed E-state index contributed by atoms with van der Waals surface area (Å²) in [6.07, 6.45) is -4.54. The van der Waals surface area contributed by atoms with Gasteiger partial charge in [-0.15, -0.1) is 0 Å². The molecule has 0 bridgehead atoms. The molecular formula is C14H16F3N3O. The molecule has 0 spiro atoms. The van der Waals surface area contributed by atoms with Crippen molar-refractivity contribution in [1.29, 1.82) is 0 Å². The third kappa shape index (κ3) is 3.36. The van der Waals surface area contributed by atoms with Crippen molar-refractivity contribution in [3.05, 3.63) is 46.8 Å². The second-order valence-corrected chi connectivity index (χ2v) is 4.75. The maximum Gasteiger partial charge on any atom is 0.437 e. The van der Waals surface area contributed by atoms with Crippen LogP contribution in [0.5, 0.6) is 0 Å². The smallest absolute Gasteiger partial charge is 0.395 e. The van der Waals surface area contributed by atoms with Gasteiger partial charge in [0.1, 0.15) is 0 Å². The predicted molar refractivity (Wildman–Crippen MR) is 72.6 cm³/mol. The Morgan fingerprint density at radius 2 is 1.76 bits per heavy atom. The summed E-state index contributed by atoms with van der Waals surface area (Å²) in [4.78, 5) is 0. The first-order chi connectivity index (χ1) is 9.82. The molecule has 0 saturated heterocycles. The van der Waals surface area contributed by atoms with Crippen LogP contribution in [0, 0.1) is 6.92 Å². The molecule has 2 rings (SSSR count). The second kappa shape index (κ2) is 5.77. The minimum absolute atomic E-state index is 0.235. The molecular weight excluding hydrogens is 283 g/mol. The van der Waals surface area contributed by atoms with E-state index in [9.17, 15) is 13.2 Å². The van der Waals surface area contributed by atoms with Crippen molar-refractivity contribution >= 4 is 5.69 Å². The predicted octanol–water partition coefficient (Wildman–Crippen LogP) is 2.99. The first kappa shape index (κ1) is 15.4. The van der Waals surface area contributed by atoms with E-state index in [1.54, 1.807) is 7.11 Å². The van der Waals surface area contributed by atoms with Gasteiger partial charge in [-0.3, -0.25) is 4.68 Å². The molecule has 0 amide bonds. The zero-order valence-electron chi connectivity index (χ0n) is 11.7. The van der Waals surface area contributed by atoms with Gasteiger partial charge in [0, 0.05) is 7.11 Å². The lowest BCUT2D eigenvalue weighted by Crippen LogP contribution is -2.10. The van der Waals surface area contributed by atoms with E-state index in [-0.39, 0.29) is 12.2 Å². The van der Waals surface area contributed by atoms with E-state index in [1.807, 2.05) is 24.3 Å². The number of benzene rings is 1. The van der Waals surface area contributed by atoms with Crippen molar-refractivity contribution in [3.63, 3.8) is 0 Å². The third-order valence-electron chi connectivity index (χ3n) is 3.19. The third-order valence-corrected chi connectivity index (χ3v) is 3.19. The molecule has 0 fully saturated rings. The highest BCUT2D eigenvalue weighted by atomic mass is 19.4. The molecule has 0 aliphatic carbocycles. The highest BCUT2D eigenvalue weighted by molar-refractivity contribution is 5.49. The van der Waals surface area contributed by atoms with Crippen molar-refractivity contribution < 1.29 is 17.9 Å². The lowest BCUT2D eigenvalue weighted by Gasteiger charge is -2.06. The van der Waals surface area contributed by atoms with Crippen LogP contribution in [0.15, 0.2) is 24.3 Å². The Bertz CT molecular complexity index is 618. The summed E-state index contributed by atoms with van der Waals surface area (Å²) in [5.41, 5.74) is 6.28. The molecule has 21 heavy (non-hydrogen) atoms. The SMILES string of the molecule is COCc1ccc(Cn2nc(C(F)(F)F)c(N)c2C)cc1. The summed E-state index contributed by atoms with van der Waals surface area (Å²) in [7, 11) is 1.60. The number of hydrogen-bond donors (Lipinski definition) is 1. The molecule has 4 nitrogen and oxygen atoms in total. The van der Waals surface area contributed by atoms with E-state index in [4.69, 9.17) is 10.5 Å². The zero-order valence-corrected chi connectivity index (χ0v) is 11.7. The van der Waals surface area contributed by atoms with Crippen LogP contribution >= 0.6 is 0 Å². The van der Waals surface area contributed by atoms with Crippen LogP contribution in [0.3, 0.4) is 0 Å². The van der Waals surface area contributed by atoms with Gasteiger partial charge >= 0.3 is 6.18 Å². The normalized spacial score (nSPS) is 11.9. The fourth-order valence-corrected chi connectivity index (χ4v) is 2.00. The molecule has 0 aliphatic heterocycles. The molecule has 0 atom stereocenters. The van der Waals surface area contributed by atoms with Crippen molar-refractivity contribution in [2.75, 3.05) is 12.8 Å². The number of anilines is 1. The topological polar surface area (TPSA) is 53.1 Å². The van der Waals surface area contributed by atoms with Gasteiger partial charge in [0.15, 0.2) is 5.69 Å². The standard InChI is InChI=1S/C14H16F3N3O/c1-9-12(18)13(14(15,16)17)19-20(9)7-10-3-5-11(6-4-10)8-21-2/h3-6H,7-8,18H2,1-2H3. The minimum Gasteiger partial charge on any atom is -0.395 e. The Kier molecular flexibility index (Phi) is 4.22. The minimum atomic E-state index is -4.54. The van der Waals surface area contributed by atoms with Crippen molar-refractivity contribution in [3.8, 4) is 0 Å². The zero-order chi connectivity index (χ0) is 15.6. The summed E-state index contributed by atoms with van der Waals surface area (Å²) in [5, 5.41) is 3.58. The Labute approximate surface area is 120 Å². The molecule has 0 unspecified atom stereocenters. The Morgan fingerprint density at radius 1 is 1.19 bits per heavy atom. The number of ether oxygens (including phenoxy) is 1. The maximum atomic E-state index is 12.7. The number of nitrogens with two attached hydrogens (primary N) is 1. The van der Waals surface area contributed by atoms with Crippen molar-refractivity contribution in [2.45, 2.75) is 26.3 Å². The molecule has 1 aromatic heterocycles. The first-order valence-electron chi connectivity index (χ1n) is 6.29. The summed E-state index contributed by atoms with van der Waals surface area (Å²) >= 11 is 0. The number of methoxy groups -OCH3 is 1. The van der Waals surface area contributed by atoms with Gasteiger partial charge in [-0.2, -0.15) is 18.3 Å². The van der Waals surface area contributed by atoms with E-state index in [0.29, 0.717) is 12.3 Å². The van der Waals surface area contributed by atoms with Gasteiger partial charge in [-0.25, -0.2) is 0 Å². The lowest BCUT2D eigenvalue weighted by atomic mass is 10.1. The maximum absolute atomic E-state index is 12.7. The van der Waals surface area contributed by atoms with Crippen LogP contribution in [-0.2, 0) is 24.1 Å². The number of rotatable bonds is 4. The van der Waals surface area contributed by atoms with Crippen LogP contribution in [0.1, 0.15) is 22.5 Å². The van der Waals surface area contributed by atoms with Crippen LogP contribution in [0.4, 0.5) is 18.9 Å². The van der Waals surface area contributed by atoms with E-state index < -0.39 is 11.9 Å². The molecule has 7 heteroatoms. The largest absolute Gasteiger partial charge is 0.437 e. The van der Waals surface area contributed by atoms with Gasteiger partial charge in [0.05, 0.1) is 24.5 Å². The Balaban J connectivity index is 2.23. The van der Waals surface area contributed by atoms with Gasteiger partial charge in [0.25, 0.3) is 0 Å². The monoisotopic (exact) mass is 299 g/mol. The molecule has 2 aromatic rings. The van der Waals surface area contributed by atoms with Crippen molar-refractivity contribution in [1.82, 2.24) is 9.78 Å². The van der Waals surface area contributed by atoms with Crippen LogP contribution in [-0.4, -0.2) is 16.9 Å². The fourth-order valence-electron chi connectivity index (χ4n) is 2.00. The highest BCUT2D eigenvalue weighted by Crippen LogP contribution is 2.34. The quantitative estimate of drug-likeness (QED) is 0.944. The number of aromatic nitrogens is 2. The van der Waals surface area contributed by atoms with E-state index in [1.165, 1.54) is 11.6 Å². The summed E-state index contributed by atoms with van der Waals surface area (Å²) in [5.74, 6) is 0. The Morgan fingerprint density at radius 3 is 2.24 bits per heavy atom. The Hall–Kier alpha value is -2.02. The molecule has 0 radical (unpaired) electrons. The van der Waals surface area contributed by atoms with Crippen LogP contribution in [0.25, 0.3) is 0 Å². The van der Waals surface area contributed by atoms with E-state index in [2.05, 4.69) is 5.10 Å². The van der Waals surface area contributed by atoms with Gasteiger partial charge < -0.3 is 10.5 Å². The molecule has 114 valence electrons. The first-order valence-corrected chi connectivity index (χ1v) is 6.29. The number of alkyl halides is 3. The molecule has 0 saturated carbocycles. The van der Waals surface area contributed by atoms with Gasteiger partial charge in [-0.05, 0) is 18.1 Å². The lowest BCUT2D eigenvalue weighted by molar-refractivity contribution is -0.140. The van der Waals surface area contributed by atoms with Crippen molar-refractivity contribution in [2.24, 2.45) is 0 Å². The number of halogens is 3. The highest BCUT2D eigenvalue weighted by Gasteiger charge is 2.37. The van der Waals surface area contributed by atoms with Gasteiger partial charge in [0.2, 0.25) is 0 Å². The molecule has 2 N–H and O–H groups in total. The average Bonchev–Trinajstić information content (AvgIpc) is 2.69. The average molecular weight is 299 g/mol. The molecule has 0 aliphatic rings.